The molecule has 3 rings (SSSR count). The lowest BCUT2D eigenvalue weighted by molar-refractivity contribution is 0.0749. The van der Waals surface area contributed by atoms with E-state index in [9.17, 15) is 5.11 Å². The summed E-state index contributed by atoms with van der Waals surface area (Å²) in [5.74, 6) is 0.794. The minimum absolute atomic E-state index is 0.271. The number of benzene rings is 1. The predicted molar refractivity (Wildman–Crippen MR) is 97.6 cm³/mol. The van der Waals surface area contributed by atoms with Crippen molar-refractivity contribution in [3.63, 3.8) is 0 Å². The van der Waals surface area contributed by atoms with Crippen LogP contribution in [0.1, 0.15) is 16.8 Å². The third-order valence-electron chi connectivity index (χ3n) is 3.86. The van der Waals surface area contributed by atoms with E-state index in [-0.39, 0.29) is 6.61 Å². The van der Waals surface area contributed by atoms with Crippen molar-refractivity contribution >= 4 is 22.2 Å². The highest BCUT2D eigenvalue weighted by molar-refractivity contribution is 7.11. The van der Waals surface area contributed by atoms with E-state index in [1.165, 1.54) is 4.88 Å². The lowest BCUT2D eigenvalue weighted by Crippen LogP contribution is -2.32. The molecule has 5 nitrogen and oxygen atoms in total. The number of rotatable bonds is 8. The standard InChI is InChI=1S/C18H23N3O2S/c1-3-14-9-20-18(24-14)11-21(2)10-13(22)12-23-17-6-4-5-16-15(17)7-8-19-16/h4-9,13,19,22H,3,10-12H2,1-2H3. The van der Waals surface area contributed by atoms with E-state index in [4.69, 9.17) is 4.74 Å². The number of hydrogen-bond donors (Lipinski definition) is 2. The van der Waals surface area contributed by atoms with Gasteiger partial charge in [-0.2, -0.15) is 0 Å². The van der Waals surface area contributed by atoms with Crippen molar-refractivity contribution in [1.29, 1.82) is 0 Å². The molecule has 0 bridgehead atoms. The minimum atomic E-state index is -0.546. The summed E-state index contributed by atoms with van der Waals surface area (Å²) in [6.07, 6.45) is 4.29. The van der Waals surface area contributed by atoms with Crippen LogP contribution in [0.2, 0.25) is 0 Å². The Labute approximate surface area is 145 Å². The molecule has 0 saturated carbocycles. The summed E-state index contributed by atoms with van der Waals surface area (Å²) in [6, 6.07) is 7.86. The number of nitrogens with zero attached hydrogens (tertiary/aromatic N) is 2. The minimum Gasteiger partial charge on any atom is -0.490 e. The van der Waals surface area contributed by atoms with Crippen molar-refractivity contribution < 1.29 is 9.84 Å². The molecule has 2 aromatic heterocycles. The van der Waals surface area contributed by atoms with Gasteiger partial charge in [0.25, 0.3) is 0 Å². The molecule has 0 amide bonds. The molecule has 1 aromatic carbocycles. The molecule has 3 aromatic rings. The quantitative estimate of drug-likeness (QED) is 0.659. The summed E-state index contributed by atoms with van der Waals surface area (Å²) in [5.41, 5.74) is 1.04. The van der Waals surface area contributed by atoms with Gasteiger partial charge < -0.3 is 14.8 Å². The number of hydrogen-bond acceptors (Lipinski definition) is 5. The largest absolute Gasteiger partial charge is 0.490 e. The third-order valence-corrected chi connectivity index (χ3v) is 4.99. The molecular weight excluding hydrogens is 322 g/mol. The second kappa shape index (κ2) is 7.79. The van der Waals surface area contributed by atoms with Crippen LogP contribution in [0.25, 0.3) is 10.9 Å². The number of aliphatic hydroxyl groups excluding tert-OH is 1. The molecule has 24 heavy (non-hydrogen) atoms. The Morgan fingerprint density at radius 3 is 3.04 bits per heavy atom. The van der Waals surface area contributed by atoms with Crippen molar-refractivity contribution in [2.75, 3.05) is 20.2 Å². The molecule has 1 unspecified atom stereocenters. The van der Waals surface area contributed by atoms with Gasteiger partial charge in [-0.05, 0) is 31.7 Å². The Hall–Kier alpha value is -1.89. The monoisotopic (exact) mass is 345 g/mol. The highest BCUT2D eigenvalue weighted by Gasteiger charge is 2.12. The fourth-order valence-corrected chi connectivity index (χ4v) is 3.60. The van der Waals surface area contributed by atoms with E-state index in [1.54, 1.807) is 11.3 Å². The van der Waals surface area contributed by atoms with Gasteiger partial charge in [-0.25, -0.2) is 4.98 Å². The SMILES string of the molecule is CCc1cnc(CN(C)CC(O)COc2cccc3[nH]ccc23)s1. The first-order chi connectivity index (χ1) is 11.7. The van der Waals surface area contributed by atoms with E-state index in [1.807, 2.05) is 43.7 Å². The molecule has 0 fully saturated rings. The number of nitrogens with one attached hydrogen (secondary N) is 1. The topological polar surface area (TPSA) is 61.4 Å². The molecule has 1 atom stereocenters. The summed E-state index contributed by atoms with van der Waals surface area (Å²) >= 11 is 1.73. The normalized spacial score (nSPS) is 12.8. The molecule has 0 spiro atoms. The van der Waals surface area contributed by atoms with Crippen LogP contribution in [-0.2, 0) is 13.0 Å². The lowest BCUT2D eigenvalue weighted by Gasteiger charge is -2.20. The van der Waals surface area contributed by atoms with Gasteiger partial charge in [0.15, 0.2) is 0 Å². The van der Waals surface area contributed by atoms with Crippen LogP contribution in [0.15, 0.2) is 36.7 Å². The average molecular weight is 345 g/mol. The number of aromatic nitrogens is 2. The Kier molecular flexibility index (Phi) is 5.50. The maximum absolute atomic E-state index is 10.2. The highest BCUT2D eigenvalue weighted by Crippen LogP contribution is 2.24. The number of aliphatic hydroxyl groups is 1. The van der Waals surface area contributed by atoms with Crippen LogP contribution in [0.4, 0.5) is 0 Å². The van der Waals surface area contributed by atoms with Gasteiger partial charge in [0.1, 0.15) is 23.5 Å². The number of ether oxygens (including phenoxy) is 1. The zero-order chi connectivity index (χ0) is 16.9. The van der Waals surface area contributed by atoms with Crippen LogP contribution in [-0.4, -0.2) is 46.3 Å². The van der Waals surface area contributed by atoms with Crippen LogP contribution in [0.5, 0.6) is 5.75 Å². The number of likely N-dealkylation sites (N-methyl/N-ethyl adjacent to an activating group) is 1. The molecule has 2 heterocycles. The van der Waals surface area contributed by atoms with E-state index in [0.717, 1.165) is 34.6 Å². The summed E-state index contributed by atoms with van der Waals surface area (Å²) < 4.78 is 5.80. The van der Waals surface area contributed by atoms with Gasteiger partial charge in [-0.1, -0.05) is 13.0 Å². The molecule has 2 N–H and O–H groups in total. The molecule has 6 heteroatoms. The van der Waals surface area contributed by atoms with Gasteiger partial charge >= 0.3 is 0 Å². The van der Waals surface area contributed by atoms with Gasteiger partial charge in [0.05, 0.1) is 6.54 Å². The van der Waals surface area contributed by atoms with Gasteiger partial charge in [-0.15, -0.1) is 11.3 Å². The van der Waals surface area contributed by atoms with E-state index in [2.05, 4.69) is 21.8 Å². The summed E-state index contributed by atoms with van der Waals surface area (Å²) in [4.78, 5) is 10.9. The maximum Gasteiger partial charge on any atom is 0.128 e. The van der Waals surface area contributed by atoms with Crippen LogP contribution < -0.4 is 4.74 Å². The predicted octanol–water partition coefficient (Wildman–Crippen LogP) is 3.06. The third kappa shape index (κ3) is 4.14. The van der Waals surface area contributed by atoms with Crippen molar-refractivity contribution in [3.8, 4) is 5.75 Å². The smallest absolute Gasteiger partial charge is 0.128 e. The zero-order valence-electron chi connectivity index (χ0n) is 14.0. The number of fused-ring (bicyclic) bond motifs is 1. The first-order valence-corrected chi connectivity index (χ1v) is 8.96. The molecule has 0 aliphatic heterocycles. The van der Waals surface area contributed by atoms with Gasteiger partial charge in [0.2, 0.25) is 0 Å². The maximum atomic E-state index is 10.2. The molecule has 128 valence electrons. The average Bonchev–Trinajstić information content (AvgIpc) is 3.21. The summed E-state index contributed by atoms with van der Waals surface area (Å²) in [5, 5.41) is 12.4. The Balaban J connectivity index is 1.50. The van der Waals surface area contributed by atoms with Crippen molar-refractivity contribution in [1.82, 2.24) is 14.9 Å². The first kappa shape index (κ1) is 17.0. The van der Waals surface area contributed by atoms with Crippen LogP contribution in [0, 0.1) is 0 Å². The van der Waals surface area contributed by atoms with Crippen LogP contribution >= 0.6 is 11.3 Å². The summed E-state index contributed by atoms with van der Waals surface area (Å²) in [7, 11) is 1.99. The van der Waals surface area contributed by atoms with E-state index >= 15 is 0 Å². The van der Waals surface area contributed by atoms with E-state index in [0.29, 0.717) is 6.54 Å². The van der Waals surface area contributed by atoms with Crippen molar-refractivity contribution in [2.24, 2.45) is 0 Å². The first-order valence-electron chi connectivity index (χ1n) is 8.14. The van der Waals surface area contributed by atoms with Crippen molar-refractivity contribution in [3.05, 3.63) is 46.5 Å². The lowest BCUT2D eigenvalue weighted by atomic mass is 10.2. The summed E-state index contributed by atoms with van der Waals surface area (Å²) in [6.45, 7) is 3.69. The highest BCUT2D eigenvalue weighted by atomic mass is 32.1. The number of aryl methyl sites for hydroxylation is 1. The number of thiazole rings is 1. The molecule has 0 aliphatic carbocycles. The number of H-pyrrole nitrogens is 1. The van der Waals surface area contributed by atoms with Crippen molar-refractivity contribution in [2.45, 2.75) is 26.0 Å². The van der Waals surface area contributed by atoms with Crippen LogP contribution in [0.3, 0.4) is 0 Å². The number of aromatic amines is 1. The second-order valence-corrected chi connectivity index (χ2v) is 7.13. The fraction of sp³-hybridized carbons (Fsp3) is 0.389. The Morgan fingerprint density at radius 2 is 2.25 bits per heavy atom. The van der Waals surface area contributed by atoms with E-state index < -0.39 is 6.10 Å². The Bertz CT molecular complexity index is 783. The zero-order valence-corrected chi connectivity index (χ0v) is 14.8. The molecular formula is C18H23N3O2S. The second-order valence-electron chi connectivity index (χ2n) is 5.93. The molecule has 0 radical (unpaired) electrons. The molecule has 0 aliphatic rings. The van der Waals surface area contributed by atoms with Gasteiger partial charge in [-0.3, -0.25) is 4.90 Å². The van der Waals surface area contributed by atoms with Gasteiger partial charge in [0, 0.05) is 34.7 Å². The molecule has 0 saturated heterocycles. The Morgan fingerprint density at radius 1 is 1.38 bits per heavy atom. The fourth-order valence-electron chi connectivity index (χ4n) is 2.66.